The summed E-state index contributed by atoms with van der Waals surface area (Å²) in [5, 5.41) is 11.8. The molecule has 1 atom stereocenters. The molecule has 0 aliphatic heterocycles. The van der Waals surface area contributed by atoms with Gasteiger partial charge >= 0.3 is 5.97 Å². The van der Waals surface area contributed by atoms with E-state index in [9.17, 15) is 9.59 Å². The minimum Gasteiger partial charge on any atom is -0.478 e. The summed E-state index contributed by atoms with van der Waals surface area (Å²) in [4.78, 5) is 21.8. The monoisotopic (exact) mass is 267 g/mol. The predicted octanol–water partition coefficient (Wildman–Crippen LogP) is 2.55. The number of carbonyl (C=O) groups excluding carboxylic acids is 1. The van der Waals surface area contributed by atoms with E-state index in [4.69, 9.17) is 16.7 Å². The summed E-state index contributed by atoms with van der Waals surface area (Å²) in [6.45, 7) is 1.93. The van der Waals surface area contributed by atoms with Gasteiger partial charge in [-0.2, -0.15) is 0 Å². The molecule has 5 heteroatoms. The number of carboxylic acids is 1. The van der Waals surface area contributed by atoms with Crippen LogP contribution < -0.4 is 5.32 Å². The molecule has 0 saturated carbocycles. The number of rotatable bonds is 5. The van der Waals surface area contributed by atoms with Crippen LogP contribution in [0, 0.1) is 0 Å². The molecule has 0 saturated heterocycles. The smallest absolute Gasteiger partial charge is 0.328 e. The van der Waals surface area contributed by atoms with Gasteiger partial charge in [0.1, 0.15) is 0 Å². The molecule has 0 aliphatic carbocycles. The number of halogens is 1. The van der Waals surface area contributed by atoms with Gasteiger partial charge in [0.25, 0.3) is 0 Å². The lowest BCUT2D eigenvalue weighted by molar-refractivity contribution is -0.131. The third-order valence-electron chi connectivity index (χ3n) is 2.37. The van der Waals surface area contributed by atoms with Crippen molar-refractivity contribution in [1.82, 2.24) is 5.32 Å². The highest BCUT2D eigenvalue weighted by molar-refractivity contribution is 6.30. The van der Waals surface area contributed by atoms with Crippen molar-refractivity contribution in [3.63, 3.8) is 0 Å². The molecule has 0 aromatic heterocycles. The molecule has 0 heterocycles. The standard InChI is InChI=1S/C13H14ClNO3/c1-2-11(9-3-5-10(14)6-4-9)15-12(16)7-8-13(17)18/h3-8,11H,2H2,1H3,(H,15,16)(H,17,18)/b8-7+. The molecule has 0 radical (unpaired) electrons. The molecule has 18 heavy (non-hydrogen) atoms. The van der Waals surface area contributed by atoms with E-state index in [1.165, 1.54) is 0 Å². The third-order valence-corrected chi connectivity index (χ3v) is 2.63. The highest BCUT2D eigenvalue weighted by atomic mass is 35.5. The predicted molar refractivity (Wildman–Crippen MR) is 69.4 cm³/mol. The molecule has 4 nitrogen and oxygen atoms in total. The van der Waals surface area contributed by atoms with Gasteiger partial charge in [-0.05, 0) is 24.1 Å². The Hall–Kier alpha value is -1.81. The van der Waals surface area contributed by atoms with Gasteiger partial charge in [-0.3, -0.25) is 4.79 Å². The summed E-state index contributed by atoms with van der Waals surface area (Å²) in [7, 11) is 0. The zero-order valence-electron chi connectivity index (χ0n) is 9.89. The van der Waals surface area contributed by atoms with Crippen LogP contribution in [0.4, 0.5) is 0 Å². The van der Waals surface area contributed by atoms with Gasteiger partial charge in [-0.15, -0.1) is 0 Å². The van der Waals surface area contributed by atoms with Gasteiger partial charge < -0.3 is 10.4 Å². The molecule has 1 aromatic rings. The first kappa shape index (κ1) is 14.3. The lowest BCUT2D eigenvalue weighted by Gasteiger charge is -2.16. The van der Waals surface area contributed by atoms with Crippen molar-refractivity contribution >= 4 is 23.5 Å². The van der Waals surface area contributed by atoms with Crippen LogP contribution >= 0.6 is 11.6 Å². The van der Waals surface area contributed by atoms with Crippen LogP contribution in [0.15, 0.2) is 36.4 Å². The molecule has 0 aliphatic rings. The fraction of sp³-hybridized carbons (Fsp3) is 0.231. The number of hydrogen-bond acceptors (Lipinski definition) is 2. The number of carboxylic acid groups (broad SMARTS) is 1. The first-order valence-electron chi connectivity index (χ1n) is 5.50. The van der Waals surface area contributed by atoms with E-state index in [0.29, 0.717) is 11.4 Å². The van der Waals surface area contributed by atoms with Gasteiger partial charge in [-0.1, -0.05) is 30.7 Å². The first-order valence-corrected chi connectivity index (χ1v) is 5.87. The van der Waals surface area contributed by atoms with E-state index >= 15 is 0 Å². The molecule has 2 N–H and O–H groups in total. The van der Waals surface area contributed by atoms with Crippen molar-refractivity contribution in [2.75, 3.05) is 0 Å². The fourth-order valence-electron chi connectivity index (χ4n) is 1.48. The second-order valence-corrected chi connectivity index (χ2v) is 4.13. The lowest BCUT2D eigenvalue weighted by Crippen LogP contribution is -2.26. The van der Waals surface area contributed by atoms with Crippen LogP contribution in [0.2, 0.25) is 5.02 Å². The molecule has 0 spiro atoms. The average Bonchev–Trinajstić information content (AvgIpc) is 2.34. The second kappa shape index (κ2) is 6.81. The maximum atomic E-state index is 11.5. The molecule has 1 unspecified atom stereocenters. The molecule has 1 rings (SSSR count). The third kappa shape index (κ3) is 4.59. The first-order chi connectivity index (χ1) is 8.52. The molecule has 0 bridgehead atoms. The van der Waals surface area contributed by atoms with Crippen molar-refractivity contribution < 1.29 is 14.7 Å². The Labute approximate surface area is 110 Å². The highest BCUT2D eigenvalue weighted by Gasteiger charge is 2.10. The Morgan fingerprint density at radius 2 is 1.94 bits per heavy atom. The van der Waals surface area contributed by atoms with E-state index < -0.39 is 11.9 Å². The quantitative estimate of drug-likeness (QED) is 0.806. The van der Waals surface area contributed by atoms with E-state index in [-0.39, 0.29) is 6.04 Å². The van der Waals surface area contributed by atoms with E-state index in [1.807, 2.05) is 19.1 Å². The molecular weight excluding hydrogens is 254 g/mol. The topological polar surface area (TPSA) is 66.4 Å². The summed E-state index contributed by atoms with van der Waals surface area (Å²) in [5.41, 5.74) is 0.930. The van der Waals surface area contributed by atoms with E-state index in [2.05, 4.69) is 5.32 Å². The number of amides is 1. The Balaban J connectivity index is 2.70. The maximum Gasteiger partial charge on any atom is 0.328 e. The van der Waals surface area contributed by atoms with Crippen molar-refractivity contribution in [1.29, 1.82) is 0 Å². The molecule has 96 valence electrons. The Morgan fingerprint density at radius 1 is 1.33 bits per heavy atom. The van der Waals surface area contributed by atoms with Crippen molar-refractivity contribution in [2.45, 2.75) is 19.4 Å². The summed E-state index contributed by atoms with van der Waals surface area (Å²) in [6.07, 6.45) is 2.51. The molecule has 1 amide bonds. The minimum atomic E-state index is -1.15. The van der Waals surface area contributed by atoms with Crippen LogP contribution in [0.3, 0.4) is 0 Å². The van der Waals surface area contributed by atoms with Gasteiger partial charge in [0, 0.05) is 17.2 Å². The van der Waals surface area contributed by atoms with E-state index in [1.54, 1.807) is 12.1 Å². The summed E-state index contributed by atoms with van der Waals surface area (Å²) < 4.78 is 0. The number of aliphatic carboxylic acids is 1. The largest absolute Gasteiger partial charge is 0.478 e. The van der Waals surface area contributed by atoms with E-state index in [0.717, 1.165) is 17.7 Å². The van der Waals surface area contributed by atoms with Crippen molar-refractivity contribution in [2.24, 2.45) is 0 Å². The lowest BCUT2D eigenvalue weighted by atomic mass is 10.0. The van der Waals surface area contributed by atoms with Crippen LogP contribution in [-0.4, -0.2) is 17.0 Å². The number of benzene rings is 1. The SMILES string of the molecule is CCC(NC(=O)/C=C/C(=O)O)c1ccc(Cl)cc1. The van der Waals surface area contributed by atoms with Crippen LogP contribution in [-0.2, 0) is 9.59 Å². The second-order valence-electron chi connectivity index (χ2n) is 3.69. The van der Waals surface area contributed by atoms with Gasteiger partial charge in [0.05, 0.1) is 6.04 Å². The fourth-order valence-corrected chi connectivity index (χ4v) is 1.61. The summed E-state index contributed by atoms with van der Waals surface area (Å²) in [5.74, 6) is -1.58. The molecule has 0 fully saturated rings. The number of carbonyl (C=O) groups is 2. The molecular formula is C13H14ClNO3. The highest BCUT2D eigenvalue weighted by Crippen LogP contribution is 2.18. The zero-order valence-corrected chi connectivity index (χ0v) is 10.6. The Morgan fingerprint density at radius 3 is 2.44 bits per heavy atom. The number of nitrogens with one attached hydrogen (secondary N) is 1. The van der Waals surface area contributed by atoms with Gasteiger partial charge in [0.2, 0.25) is 5.91 Å². The normalized spacial score (nSPS) is 12.3. The minimum absolute atomic E-state index is 0.159. The average molecular weight is 268 g/mol. The van der Waals surface area contributed by atoms with Crippen molar-refractivity contribution in [3.05, 3.63) is 47.0 Å². The summed E-state index contributed by atoms with van der Waals surface area (Å²) in [6, 6.07) is 7.00. The molecule has 1 aromatic carbocycles. The van der Waals surface area contributed by atoms with Gasteiger partial charge in [-0.25, -0.2) is 4.79 Å². The number of hydrogen-bond donors (Lipinski definition) is 2. The summed E-state index contributed by atoms with van der Waals surface area (Å²) >= 11 is 5.79. The Bertz CT molecular complexity index is 454. The maximum absolute atomic E-state index is 11.5. The van der Waals surface area contributed by atoms with Crippen LogP contribution in [0.5, 0.6) is 0 Å². The zero-order chi connectivity index (χ0) is 13.5. The van der Waals surface area contributed by atoms with Gasteiger partial charge in [0.15, 0.2) is 0 Å². The van der Waals surface area contributed by atoms with Crippen LogP contribution in [0.25, 0.3) is 0 Å². The van der Waals surface area contributed by atoms with Crippen molar-refractivity contribution in [3.8, 4) is 0 Å². The van der Waals surface area contributed by atoms with Crippen LogP contribution in [0.1, 0.15) is 24.9 Å². The Kier molecular flexibility index (Phi) is 5.39.